The molecule has 0 amide bonds. The van der Waals surface area contributed by atoms with Crippen LogP contribution in [0.2, 0.25) is 0 Å². The van der Waals surface area contributed by atoms with Crippen LogP contribution in [-0.4, -0.2) is 40.2 Å². The predicted molar refractivity (Wildman–Crippen MR) is 120 cm³/mol. The maximum atomic E-state index is 12.8. The Bertz CT molecular complexity index is 966. The van der Waals surface area contributed by atoms with Crippen LogP contribution in [0.4, 0.5) is 0 Å². The summed E-state index contributed by atoms with van der Waals surface area (Å²) in [6, 6.07) is 13.7. The van der Waals surface area contributed by atoms with Gasteiger partial charge in [0.2, 0.25) is 0 Å². The third kappa shape index (κ3) is 5.01. The Labute approximate surface area is 183 Å². The zero-order valence-electron chi connectivity index (χ0n) is 18.4. The molecule has 166 valence electrons. The van der Waals surface area contributed by atoms with E-state index in [1.165, 1.54) is 11.3 Å². The van der Waals surface area contributed by atoms with Crippen molar-refractivity contribution in [2.24, 2.45) is 11.8 Å². The summed E-state index contributed by atoms with van der Waals surface area (Å²) in [7, 11) is 0. The first kappa shape index (κ1) is 21.6. The quantitative estimate of drug-likeness (QED) is 0.696. The minimum atomic E-state index is -0.977. The Hall–Kier alpha value is -2.60. The zero-order chi connectivity index (χ0) is 22.0. The Morgan fingerprint density at radius 1 is 1.16 bits per heavy atom. The number of piperidine rings is 1. The highest BCUT2D eigenvalue weighted by molar-refractivity contribution is 5.68. The molecule has 1 saturated heterocycles. The summed E-state index contributed by atoms with van der Waals surface area (Å²) in [6.07, 6.45) is 3.34. The molecule has 2 bridgehead atoms. The minimum absolute atomic E-state index is 0.145. The Morgan fingerprint density at radius 3 is 2.65 bits per heavy atom. The van der Waals surface area contributed by atoms with E-state index < -0.39 is 5.97 Å². The number of pyridine rings is 1. The van der Waals surface area contributed by atoms with Gasteiger partial charge >= 0.3 is 5.97 Å². The molecular formula is C25H32N2O4. The number of benzene rings is 1. The molecule has 0 radical (unpaired) electrons. The molecule has 3 heterocycles. The van der Waals surface area contributed by atoms with Gasteiger partial charge in [-0.2, -0.15) is 0 Å². The standard InChI is InChI=1S/C25H32N2O4/c1-17(2)6-11-23-20-12-19(22-4-3-5-24(28)27(22)23)14-26(15-20)13-18-7-9-21(10-8-18)31-16-25(29)30/h3-5,7-10,17,19-20,23H,6,11-16H2,1-2H3,(H,29,30)/t19-,20+,23+/m1/s1. The first-order valence-corrected chi connectivity index (χ1v) is 11.3. The number of likely N-dealkylation sites (tertiary alicyclic amines) is 1. The second-order valence-corrected chi connectivity index (χ2v) is 9.41. The van der Waals surface area contributed by atoms with Crippen LogP contribution >= 0.6 is 0 Å². The third-order valence-electron chi connectivity index (χ3n) is 6.61. The van der Waals surface area contributed by atoms with Gasteiger partial charge < -0.3 is 14.4 Å². The first-order valence-electron chi connectivity index (χ1n) is 11.3. The number of carbonyl (C=O) groups is 1. The number of carboxylic acids is 1. The number of nitrogens with zero attached hydrogens (tertiary/aromatic N) is 2. The second kappa shape index (κ2) is 9.27. The highest BCUT2D eigenvalue weighted by Crippen LogP contribution is 2.43. The predicted octanol–water partition coefficient (Wildman–Crippen LogP) is 3.91. The van der Waals surface area contributed by atoms with Crippen molar-refractivity contribution in [3.05, 3.63) is 64.1 Å². The smallest absolute Gasteiger partial charge is 0.341 e. The maximum Gasteiger partial charge on any atom is 0.341 e. The number of hydrogen-bond acceptors (Lipinski definition) is 4. The molecule has 1 N–H and O–H groups in total. The van der Waals surface area contributed by atoms with E-state index in [0.717, 1.165) is 38.9 Å². The van der Waals surface area contributed by atoms with Crippen LogP contribution < -0.4 is 10.3 Å². The molecule has 0 saturated carbocycles. The summed E-state index contributed by atoms with van der Waals surface area (Å²) in [4.78, 5) is 25.9. The van der Waals surface area contributed by atoms with Crippen molar-refractivity contribution in [2.75, 3.05) is 19.7 Å². The molecule has 31 heavy (non-hydrogen) atoms. The molecular weight excluding hydrogens is 392 g/mol. The van der Waals surface area contributed by atoms with Crippen molar-refractivity contribution < 1.29 is 14.6 Å². The van der Waals surface area contributed by atoms with Gasteiger partial charge in [0.25, 0.3) is 5.56 Å². The van der Waals surface area contributed by atoms with Crippen LogP contribution in [0.25, 0.3) is 0 Å². The van der Waals surface area contributed by atoms with Gasteiger partial charge in [-0.05, 0) is 54.9 Å². The average Bonchev–Trinajstić information content (AvgIpc) is 2.73. The molecule has 4 rings (SSSR count). The number of carboxylic acid groups (broad SMARTS) is 1. The van der Waals surface area contributed by atoms with Crippen molar-refractivity contribution in [2.45, 2.75) is 51.6 Å². The largest absolute Gasteiger partial charge is 0.482 e. The summed E-state index contributed by atoms with van der Waals surface area (Å²) in [5, 5.41) is 8.75. The summed E-state index contributed by atoms with van der Waals surface area (Å²) in [5.74, 6) is 1.10. The summed E-state index contributed by atoms with van der Waals surface area (Å²) < 4.78 is 7.34. The average molecular weight is 425 g/mol. The molecule has 0 aliphatic carbocycles. The van der Waals surface area contributed by atoms with E-state index in [1.54, 1.807) is 6.07 Å². The monoisotopic (exact) mass is 424 g/mol. The third-order valence-corrected chi connectivity index (χ3v) is 6.61. The van der Waals surface area contributed by atoms with Crippen molar-refractivity contribution in [3.8, 4) is 5.75 Å². The lowest BCUT2D eigenvalue weighted by Gasteiger charge is -2.47. The van der Waals surface area contributed by atoms with Gasteiger partial charge in [0.05, 0.1) is 0 Å². The maximum absolute atomic E-state index is 12.8. The SMILES string of the molecule is CC(C)CC[C@H]1[C@H]2C[C@H](CN(Cc3ccc(OCC(=O)O)cc3)C2)c2cccc(=O)n21. The Kier molecular flexibility index (Phi) is 6.46. The number of aromatic nitrogens is 1. The van der Waals surface area contributed by atoms with E-state index in [4.69, 9.17) is 9.84 Å². The zero-order valence-corrected chi connectivity index (χ0v) is 18.4. The van der Waals surface area contributed by atoms with Gasteiger partial charge in [0.1, 0.15) is 5.75 Å². The van der Waals surface area contributed by atoms with Gasteiger partial charge in [-0.3, -0.25) is 9.69 Å². The molecule has 1 aromatic heterocycles. The van der Waals surface area contributed by atoms with Crippen LogP contribution in [-0.2, 0) is 11.3 Å². The number of ether oxygens (including phenoxy) is 1. The molecule has 6 heteroatoms. The second-order valence-electron chi connectivity index (χ2n) is 9.41. The fraction of sp³-hybridized carbons (Fsp3) is 0.520. The number of fused-ring (bicyclic) bond motifs is 4. The number of rotatable bonds is 8. The fourth-order valence-electron chi connectivity index (χ4n) is 5.23. The van der Waals surface area contributed by atoms with Crippen molar-refractivity contribution in [1.82, 2.24) is 9.47 Å². The molecule has 3 atom stereocenters. The van der Waals surface area contributed by atoms with E-state index in [0.29, 0.717) is 23.5 Å². The fourth-order valence-corrected chi connectivity index (χ4v) is 5.23. The summed E-state index contributed by atoms with van der Waals surface area (Å²) >= 11 is 0. The van der Waals surface area contributed by atoms with E-state index in [2.05, 4.69) is 29.4 Å². The lowest BCUT2D eigenvalue weighted by atomic mass is 9.76. The van der Waals surface area contributed by atoms with Gasteiger partial charge in [-0.25, -0.2) is 4.79 Å². The molecule has 1 fully saturated rings. The highest BCUT2D eigenvalue weighted by atomic mass is 16.5. The normalized spacial score (nSPS) is 22.9. The summed E-state index contributed by atoms with van der Waals surface area (Å²) in [5.41, 5.74) is 2.53. The molecule has 0 spiro atoms. The number of hydrogen-bond donors (Lipinski definition) is 1. The van der Waals surface area contributed by atoms with Crippen molar-refractivity contribution >= 4 is 5.97 Å². The first-order chi connectivity index (χ1) is 14.9. The van der Waals surface area contributed by atoms with Gasteiger partial charge in [0.15, 0.2) is 6.61 Å². The van der Waals surface area contributed by atoms with Crippen LogP contribution in [0.15, 0.2) is 47.3 Å². The molecule has 1 aromatic carbocycles. The Morgan fingerprint density at radius 2 is 1.94 bits per heavy atom. The van der Waals surface area contributed by atoms with Gasteiger partial charge in [-0.1, -0.05) is 32.0 Å². The van der Waals surface area contributed by atoms with Gasteiger partial charge in [0, 0.05) is 43.4 Å². The van der Waals surface area contributed by atoms with E-state index >= 15 is 0 Å². The van der Waals surface area contributed by atoms with Crippen LogP contribution in [0.5, 0.6) is 5.75 Å². The van der Waals surface area contributed by atoms with E-state index in [1.807, 2.05) is 30.3 Å². The topological polar surface area (TPSA) is 71.8 Å². The molecule has 2 aliphatic heterocycles. The molecule has 2 aliphatic rings. The van der Waals surface area contributed by atoms with Crippen molar-refractivity contribution in [1.29, 1.82) is 0 Å². The lowest BCUT2D eigenvalue weighted by Crippen LogP contribution is -2.49. The number of aliphatic carboxylic acids is 1. The van der Waals surface area contributed by atoms with E-state index in [9.17, 15) is 9.59 Å². The summed E-state index contributed by atoms with van der Waals surface area (Å²) in [6.45, 7) is 6.96. The molecule has 6 nitrogen and oxygen atoms in total. The van der Waals surface area contributed by atoms with Crippen LogP contribution in [0, 0.1) is 11.8 Å². The molecule has 2 aromatic rings. The Balaban J connectivity index is 1.50. The molecule has 0 unspecified atom stereocenters. The van der Waals surface area contributed by atoms with Crippen LogP contribution in [0.3, 0.4) is 0 Å². The van der Waals surface area contributed by atoms with Crippen LogP contribution in [0.1, 0.15) is 56.3 Å². The van der Waals surface area contributed by atoms with Gasteiger partial charge in [-0.15, -0.1) is 0 Å². The van der Waals surface area contributed by atoms with Crippen molar-refractivity contribution in [3.63, 3.8) is 0 Å². The highest BCUT2D eigenvalue weighted by Gasteiger charge is 2.40. The van der Waals surface area contributed by atoms with E-state index in [-0.39, 0.29) is 18.2 Å². The lowest BCUT2D eigenvalue weighted by molar-refractivity contribution is -0.139. The minimum Gasteiger partial charge on any atom is -0.482 e.